The van der Waals surface area contributed by atoms with E-state index in [-0.39, 0.29) is 18.2 Å². The Labute approximate surface area is 67.7 Å². The molecular weight excluding hydrogens is 142 g/mol. The van der Waals surface area contributed by atoms with Gasteiger partial charge in [0.15, 0.2) is 0 Å². The number of aliphatic hydroxyl groups is 1. The van der Waals surface area contributed by atoms with Crippen LogP contribution < -0.4 is 5.32 Å². The highest BCUT2D eigenvalue weighted by Gasteiger charge is 2.30. The molecule has 0 heterocycles. The molecule has 1 aliphatic carbocycles. The quantitative estimate of drug-likeness (QED) is 0.602. The van der Waals surface area contributed by atoms with Gasteiger partial charge in [0.25, 0.3) is 0 Å². The van der Waals surface area contributed by atoms with E-state index in [0.29, 0.717) is 0 Å². The second-order valence-corrected chi connectivity index (χ2v) is 3.09. The number of aliphatic hydroxyl groups excluding tert-OH is 1. The summed E-state index contributed by atoms with van der Waals surface area (Å²) in [4.78, 5) is 0. The van der Waals surface area contributed by atoms with Crippen LogP contribution in [0.2, 0.25) is 0 Å². The maximum atomic E-state index is 9.64. The van der Waals surface area contributed by atoms with Gasteiger partial charge in [-0.2, -0.15) is 0 Å². The molecule has 0 aromatic carbocycles. The second-order valence-electron chi connectivity index (χ2n) is 3.09. The summed E-state index contributed by atoms with van der Waals surface area (Å²) in [6.07, 6.45) is 2.87. The van der Waals surface area contributed by atoms with Gasteiger partial charge in [-0.05, 0) is 26.3 Å². The van der Waals surface area contributed by atoms with Crippen LogP contribution in [-0.2, 0) is 4.74 Å². The van der Waals surface area contributed by atoms with Crippen molar-refractivity contribution >= 4 is 0 Å². The van der Waals surface area contributed by atoms with Gasteiger partial charge in [-0.3, -0.25) is 0 Å². The van der Waals surface area contributed by atoms with Crippen molar-refractivity contribution in [3.63, 3.8) is 0 Å². The largest absolute Gasteiger partial charge is 0.389 e. The van der Waals surface area contributed by atoms with Crippen molar-refractivity contribution in [2.24, 2.45) is 0 Å². The summed E-state index contributed by atoms with van der Waals surface area (Å²) in [6.45, 7) is 0. The van der Waals surface area contributed by atoms with Gasteiger partial charge in [-0.1, -0.05) is 0 Å². The summed E-state index contributed by atoms with van der Waals surface area (Å²) in [7, 11) is 3.54. The molecule has 0 bridgehead atoms. The fraction of sp³-hybridized carbons (Fsp3) is 1.00. The molecule has 0 aromatic rings. The predicted molar refractivity (Wildman–Crippen MR) is 43.5 cm³/mol. The summed E-state index contributed by atoms with van der Waals surface area (Å²) >= 11 is 0. The summed E-state index contributed by atoms with van der Waals surface area (Å²) < 4.78 is 5.15. The van der Waals surface area contributed by atoms with Gasteiger partial charge in [0, 0.05) is 13.2 Å². The van der Waals surface area contributed by atoms with E-state index in [0.717, 1.165) is 19.3 Å². The van der Waals surface area contributed by atoms with Crippen LogP contribution in [0.25, 0.3) is 0 Å². The molecule has 0 amide bonds. The maximum Gasteiger partial charge on any atom is 0.0954 e. The minimum absolute atomic E-state index is 0.0289. The van der Waals surface area contributed by atoms with Crippen molar-refractivity contribution in [3.8, 4) is 0 Å². The maximum absolute atomic E-state index is 9.64. The number of ether oxygens (including phenoxy) is 1. The highest BCUT2D eigenvalue weighted by molar-refractivity contribution is 4.86. The van der Waals surface area contributed by atoms with Gasteiger partial charge >= 0.3 is 0 Å². The number of nitrogens with one attached hydrogen (secondary N) is 1. The Balaban J connectivity index is 2.45. The van der Waals surface area contributed by atoms with E-state index in [4.69, 9.17) is 4.74 Å². The third kappa shape index (κ3) is 1.92. The Morgan fingerprint density at radius 2 is 2.18 bits per heavy atom. The van der Waals surface area contributed by atoms with Crippen LogP contribution in [0.3, 0.4) is 0 Å². The summed E-state index contributed by atoms with van der Waals surface area (Å²) in [5.41, 5.74) is 0. The second kappa shape index (κ2) is 4.04. The van der Waals surface area contributed by atoms with Crippen LogP contribution in [0, 0.1) is 0 Å². The Morgan fingerprint density at radius 3 is 2.73 bits per heavy atom. The van der Waals surface area contributed by atoms with Gasteiger partial charge < -0.3 is 15.2 Å². The standard InChI is InChI=1S/C8H17NO2/c1-9-6-4-3-5-7(11-2)8(6)10/h6-10H,3-5H2,1-2H3. The molecule has 1 saturated carbocycles. The van der Waals surface area contributed by atoms with Crippen LogP contribution in [0.4, 0.5) is 0 Å². The zero-order chi connectivity index (χ0) is 8.27. The monoisotopic (exact) mass is 159 g/mol. The molecule has 1 rings (SSSR count). The first-order valence-corrected chi connectivity index (χ1v) is 4.17. The van der Waals surface area contributed by atoms with Crippen LogP contribution in [0.1, 0.15) is 19.3 Å². The highest BCUT2D eigenvalue weighted by atomic mass is 16.5. The third-order valence-electron chi connectivity index (χ3n) is 2.47. The van der Waals surface area contributed by atoms with E-state index < -0.39 is 0 Å². The van der Waals surface area contributed by atoms with Crippen LogP contribution >= 0.6 is 0 Å². The van der Waals surface area contributed by atoms with Gasteiger partial charge in [-0.25, -0.2) is 0 Å². The van der Waals surface area contributed by atoms with Crippen molar-refractivity contribution in [3.05, 3.63) is 0 Å². The lowest BCUT2D eigenvalue weighted by Crippen LogP contribution is -2.48. The molecule has 0 radical (unpaired) electrons. The molecule has 0 saturated heterocycles. The van der Waals surface area contributed by atoms with Gasteiger partial charge in [0.05, 0.1) is 12.2 Å². The first-order chi connectivity index (χ1) is 5.29. The minimum Gasteiger partial charge on any atom is -0.389 e. The van der Waals surface area contributed by atoms with Gasteiger partial charge in [-0.15, -0.1) is 0 Å². The number of hydrogen-bond donors (Lipinski definition) is 2. The van der Waals surface area contributed by atoms with Crippen molar-refractivity contribution < 1.29 is 9.84 Å². The Kier molecular flexibility index (Phi) is 3.30. The average molecular weight is 159 g/mol. The van der Waals surface area contributed by atoms with E-state index in [9.17, 15) is 5.11 Å². The molecule has 0 aliphatic heterocycles. The van der Waals surface area contributed by atoms with E-state index in [1.54, 1.807) is 7.11 Å². The molecule has 0 aromatic heterocycles. The molecular formula is C8H17NO2. The van der Waals surface area contributed by atoms with Crippen molar-refractivity contribution in [2.75, 3.05) is 14.2 Å². The number of likely N-dealkylation sites (N-methyl/N-ethyl adjacent to an activating group) is 1. The molecule has 2 N–H and O–H groups in total. The number of rotatable bonds is 2. The molecule has 0 spiro atoms. The minimum atomic E-state index is -0.334. The van der Waals surface area contributed by atoms with Crippen molar-refractivity contribution in [1.29, 1.82) is 0 Å². The zero-order valence-electron chi connectivity index (χ0n) is 7.21. The Bertz CT molecular complexity index is 107. The lowest BCUT2D eigenvalue weighted by atomic mass is 9.90. The molecule has 11 heavy (non-hydrogen) atoms. The molecule has 1 aliphatic rings. The fourth-order valence-electron chi connectivity index (χ4n) is 1.71. The van der Waals surface area contributed by atoms with Crippen LogP contribution in [0.15, 0.2) is 0 Å². The topological polar surface area (TPSA) is 41.5 Å². The van der Waals surface area contributed by atoms with E-state index in [2.05, 4.69) is 5.32 Å². The summed E-state index contributed by atoms with van der Waals surface area (Å²) in [5, 5.41) is 12.7. The van der Waals surface area contributed by atoms with E-state index >= 15 is 0 Å². The lowest BCUT2D eigenvalue weighted by Gasteiger charge is -2.33. The molecule has 3 heteroatoms. The first kappa shape index (κ1) is 8.97. The molecule has 3 nitrogen and oxygen atoms in total. The zero-order valence-corrected chi connectivity index (χ0v) is 7.21. The number of methoxy groups -OCH3 is 1. The number of hydrogen-bond acceptors (Lipinski definition) is 3. The van der Waals surface area contributed by atoms with Crippen molar-refractivity contribution in [2.45, 2.75) is 37.5 Å². The smallest absolute Gasteiger partial charge is 0.0954 e. The van der Waals surface area contributed by atoms with E-state index in [1.165, 1.54) is 0 Å². The van der Waals surface area contributed by atoms with Crippen LogP contribution in [0.5, 0.6) is 0 Å². The van der Waals surface area contributed by atoms with Crippen molar-refractivity contribution in [1.82, 2.24) is 5.32 Å². The SMILES string of the molecule is CNC1CCCC(OC)C1O. The Hall–Kier alpha value is -0.120. The van der Waals surface area contributed by atoms with Crippen LogP contribution in [-0.4, -0.2) is 37.5 Å². The summed E-state index contributed by atoms with van der Waals surface area (Å²) in [6, 6.07) is 0.216. The normalized spacial score (nSPS) is 39.0. The highest BCUT2D eigenvalue weighted by Crippen LogP contribution is 2.20. The lowest BCUT2D eigenvalue weighted by molar-refractivity contribution is -0.0515. The predicted octanol–water partition coefficient (Wildman–Crippen LogP) is 0.134. The molecule has 1 fully saturated rings. The van der Waals surface area contributed by atoms with Gasteiger partial charge in [0.2, 0.25) is 0 Å². The Morgan fingerprint density at radius 1 is 1.45 bits per heavy atom. The molecule has 3 unspecified atom stereocenters. The first-order valence-electron chi connectivity index (χ1n) is 4.17. The van der Waals surface area contributed by atoms with E-state index in [1.807, 2.05) is 7.05 Å². The molecule has 3 atom stereocenters. The third-order valence-corrected chi connectivity index (χ3v) is 2.47. The fourth-order valence-corrected chi connectivity index (χ4v) is 1.71. The van der Waals surface area contributed by atoms with Gasteiger partial charge in [0.1, 0.15) is 0 Å². The summed E-state index contributed by atoms with van der Waals surface area (Å²) in [5.74, 6) is 0. The molecule has 66 valence electrons. The average Bonchev–Trinajstić information content (AvgIpc) is 2.05.